The number of phenols is 3. The summed E-state index contributed by atoms with van der Waals surface area (Å²) in [6, 6.07) is 24.8. The fourth-order valence-corrected chi connectivity index (χ4v) is 6.27. The molecule has 6 aromatic rings. The summed E-state index contributed by atoms with van der Waals surface area (Å²) in [7, 11) is 1.10. The number of benzene rings is 6. The van der Waals surface area contributed by atoms with Gasteiger partial charge in [-0.15, -0.1) is 4.33 Å². The lowest BCUT2D eigenvalue weighted by atomic mass is 10.0. The minimum absolute atomic E-state index is 0.0174. The summed E-state index contributed by atoms with van der Waals surface area (Å²) in [5.41, 5.74) is 6.66. The Hall–Kier alpha value is -6.16. The van der Waals surface area contributed by atoms with Crippen molar-refractivity contribution in [3.8, 4) is 17.2 Å². The first-order valence-electron chi connectivity index (χ1n) is 18.1. The maximum absolute atomic E-state index is 11.8. The highest BCUT2D eigenvalue weighted by Gasteiger charge is 2.25. The zero-order valence-corrected chi connectivity index (χ0v) is 36.0. The predicted octanol–water partition coefficient (Wildman–Crippen LogP) is 12.6. The molecule has 0 atom stereocenters. The van der Waals surface area contributed by atoms with E-state index in [0.29, 0.717) is 23.4 Å². The van der Waals surface area contributed by atoms with Crippen LogP contribution in [0.5, 0.6) is 17.2 Å². The van der Waals surface area contributed by atoms with Crippen molar-refractivity contribution in [2.45, 2.75) is 50.3 Å². The number of nitrogen functional groups attached to an aromatic ring is 1. The van der Waals surface area contributed by atoms with Crippen molar-refractivity contribution in [1.29, 1.82) is 0 Å². The monoisotopic (exact) mass is 863 g/mol. The molecule has 0 radical (unpaired) electrons. The molecule has 0 aliphatic carbocycles. The number of hydrogen-bond donors (Lipinski definition) is 6. The molecule has 6 rings (SSSR count). The standard InChI is InChI=1S/C12H13N5O7S2.2C11H10N2O.2C3H8/c1-14-16-6-4-8(26(20,21)22)5-3-7(25-24-23-19)11(17-15-2)12(18)9(5)10(6)13;2*1-12-13-10-7-6-8-4-2-3-5-9(8)11(10)14;2*1-3-2/h3-4,18-19H,13H2,1-2H3,(H,20,21,22);2*2-7,14H,1H3;2*3H2,1-2H3. The summed E-state index contributed by atoms with van der Waals surface area (Å²) in [6.45, 7) is 8.50. The Labute approximate surface area is 352 Å². The zero-order valence-electron chi connectivity index (χ0n) is 34.3. The molecule has 320 valence electrons. The molecule has 0 bridgehead atoms. The highest BCUT2D eigenvalue weighted by molar-refractivity contribution is 7.94. The van der Waals surface area contributed by atoms with E-state index in [1.165, 1.54) is 33.0 Å². The van der Waals surface area contributed by atoms with Gasteiger partial charge in [0.25, 0.3) is 10.1 Å². The fourth-order valence-electron chi connectivity index (χ4n) is 5.09. The molecular formula is C40H49N9O9S2. The van der Waals surface area contributed by atoms with Crippen molar-refractivity contribution < 1.29 is 42.9 Å². The first-order chi connectivity index (χ1) is 28.7. The lowest BCUT2D eigenvalue weighted by molar-refractivity contribution is -0.432. The minimum atomic E-state index is -4.72. The second-order valence-electron chi connectivity index (χ2n) is 11.9. The molecule has 0 unspecified atom stereocenters. The van der Waals surface area contributed by atoms with Gasteiger partial charge in [-0.05, 0) is 35.0 Å². The molecule has 20 heteroatoms. The Morgan fingerprint density at radius 2 is 1.05 bits per heavy atom. The Bertz CT molecular complexity index is 2480. The molecule has 0 spiro atoms. The number of nitrogens with two attached hydrogens (primary N) is 1. The normalized spacial score (nSPS) is 11.3. The molecule has 0 fully saturated rings. The van der Waals surface area contributed by atoms with Crippen molar-refractivity contribution in [3.05, 3.63) is 84.9 Å². The van der Waals surface area contributed by atoms with E-state index in [0.717, 1.165) is 27.6 Å². The smallest absolute Gasteiger partial charge is 0.295 e. The zero-order chi connectivity index (χ0) is 44.8. The summed E-state index contributed by atoms with van der Waals surface area (Å²) in [5, 5.41) is 74.8. The van der Waals surface area contributed by atoms with Crippen LogP contribution in [0.1, 0.15) is 40.5 Å². The Balaban J connectivity index is 0.000000308. The minimum Gasteiger partial charge on any atom is -0.505 e. The van der Waals surface area contributed by atoms with Crippen LogP contribution >= 0.6 is 12.0 Å². The Kier molecular flexibility index (Phi) is 21.1. The first kappa shape index (κ1) is 50.0. The molecule has 0 aliphatic rings. The van der Waals surface area contributed by atoms with Crippen LogP contribution in [-0.2, 0) is 19.5 Å². The third kappa shape index (κ3) is 13.4. The maximum Gasteiger partial charge on any atom is 0.295 e. The van der Waals surface area contributed by atoms with Gasteiger partial charge in [-0.2, -0.15) is 49.3 Å². The second-order valence-corrected chi connectivity index (χ2v) is 14.1. The average molecular weight is 864 g/mol. The van der Waals surface area contributed by atoms with Crippen molar-refractivity contribution in [1.82, 2.24) is 0 Å². The van der Waals surface area contributed by atoms with Gasteiger partial charge in [0.15, 0.2) is 17.2 Å². The molecule has 0 saturated carbocycles. The highest BCUT2D eigenvalue weighted by atomic mass is 32.2. The van der Waals surface area contributed by atoms with Gasteiger partial charge in [-0.25, -0.2) is 5.26 Å². The quantitative estimate of drug-likeness (QED) is 0.0209. The van der Waals surface area contributed by atoms with Gasteiger partial charge in [0.05, 0.1) is 28.0 Å². The van der Waals surface area contributed by atoms with Gasteiger partial charge >= 0.3 is 0 Å². The molecule has 0 aromatic heterocycles. The summed E-state index contributed by atoms with van der Waals surface area (Å²) < 4.78 is 37.4. The molecule has 60 heavy (non-hydrogen) atoms. The van der Waals surface area contributed by atoms with Gasteiger partial charge in [-0.3, -0.25) is 4.55 Å². The first-order valence-corrected chi connectivity index (χ1v) is 20.3. The van der Waals surface area contributed by atoms with Crippen LogP contribution < -0.4 is 5.73 Å². The maximum atomic E-state index is 11.8. The Morgan fingerprint density at radius 1 is 0.617 bits per heavy atom. The number of anilines is 1. The third-order valence-corrected chi connectivity index (χ3v) is 8.84. The summed E-state index contributed by atoms with van der Waals surface area (Å²) in [5.74, 6) is -0.171. The lowest BCUT2D eigenvalue weighted by Crippen LogP contribution is -2.02. The van der Waals surface area contributed by atoms with E-state index < -0.39 is 20.8 Å². The van der Waals surface area contributed by atoms with E-state index in [1.54, 1.807) is 26.2 Å². The van der Waals surface area contributed by atoms with Crippen LogP contribution in [0.25, 0.3) is 32.3 Å². The van der Waals surface area contributed by atoms with E-state index in [-0.39, 0.29) is 44.2 Å². The summed E-state index contributed by atoms with van der Waals surface area (Å²) >= 11 is 0.410. The van der Waals surface area contributed by atoms with Gasteiger partial charge in [0, 0.05) is 44.3 Å². The number of fused-ring (bicyclic) bond motifs is 3. The topological polar surface area (TPSA) is 279 Å². The van der Waals surface area contributed by atoms with Gasteiger partial charge in [-0.1, -0.05) is 106 Å². The van der Waals surface area contributed by atoms with Gasteiger partial charge in [0.2, 0.25) is 0 Å². The molecule has 0 saturated heterocycles. The van der Waals surface area contributed by atoms with E-state index in [4.69, 9.17) is 11.0 Å². The molecule has 7 N–H and O–H groups in total. The predicted molar refractivity (Wildman–Crippen MR) is 235 cm³/mol. The highest BCUT2D eigenvalue weighted by Crippen LogP contribution is 2.49. The lowest BCUT2D eigenvalue weighted by Gasteiger charge is -2.14. The van der Waals surface area contributed by atoms with Crippen LogP contribution in [0.4, 0.5) is 28.4 Å². The molecule has 6 aromatic carbocycles. The number of aromatic hydroxyl groups is 3. The van der Waals surface area contributed by atoms with E-state index in [9.17, 15) is 28.3 Å². The van der Waals surface area contributed by atoms with Gasteiger partial charge < -0.3 is 21.1 Å². The van der Waals surface area contributed by atoms with Crippen LogP contribution in [0.15, 0.2) is 136 Å². The summed E-state index contributed by atoms with van der Waals surface area (Å²) in [6.07, 6.45) is 2.50. The molecule has 0 heterocycles. The third-order valence-electron chi connectivity index (χ3n) is 7.33. The number of phenolic OH excluding ortho intramolecular Hbond substituents is 3. The van der Waals surface area contributed by atoms with Crippen LogP contribution in [0, 0.1) is 0 Å². The molecule has 0 aliphatic heterocycles. The van der Waals surface area contributed by atoms with Gasteiger partial charge in [0.1, 0.15) is 27.6 Å². The number of hydrogen-bond acceptors (Lipinski definition) is 18. The largest absolute Gasteiger partial charge is 0.505 e. The van der Waals surface area contributed by atoms with Crippen LogP contribution in [0.2, 0.25) is 0 Å². The SMILES string of the molecule is CCC.CCC.CN=Nc1cc(S(=O)(=O)O)c2cc(SOOO)c(N=NC)c(O)c2c1N.CN=Nc1ccc2ccccc2c1O.CN=Nc1ccc2ccccc2c1O. The van der Waals surface area contributed by atoms with E-state index >= 15 is 0 Å². The van der Waals surface area contributed by atoms with Crippen molar-refractivity contribution in [2.75, 3.05) is 33.9 Å². The fraction of sp³-hybridized carbons (Fsp3) is 0.250. The second kappa shape index (κ2) is 25.4. The van der Waals surface area contributed by atoms with Crippen molar-refractivity contribution in [2.24, 2.45) is 40.9 Å². The number of azo groups is 4. The van der Waals surface area contributed by atoms with Crippen LogP contribution in [0.3, 0.4) is 0 Å². The molecular weight excluding hydrogens is 815 g/mol. The van der Waals surface area contributed by atoms with Crippen molar-refractivity contribution in [3.63, 3.8) is 0 Å². The van der Waals surface area contributed by atoms with Crippen molar-refractivity contribution >= 4 is 82.9 Å². The Morgan fingerprint density at radius 3 is 1.47 bits per heavy atom. The summed E-state index contributed by atoms with van der Waals surface area (Å²) in [4.78, 5) is -0.560. The number of rotatable bonds is 8. The van der Waals surface area contributed by atoms with E-state index in [2.05, 4.69) is 78.0 Å². The number of nitrogens with zero attached hydrogens (tertiary/aromatic N) is 8. The van der Waals surface area contributed by atoms with Crippen LogP contribution in [-0.4, -0.2) is 61.7 Å². The molecule has 18 nitrogen and oxygen atoms in total. The van der Waals surface area contributed by atoms with E-state index in [1.807, 2.05) is 60.7 Å². The average Bonchev–Trinajstić information content (AvgIpc) is 3.22. The molecule has 0 amide bonds.